The molecule has 0 spiro atoms. The van der Waals surface area contributed by atoms with Gasteiger partial charge in [0.05, 0.1) is 12.7 Å². The van der Waals surface area contributed by atoms with Crippen molar-refractivity contribution in [2.75, 3.05) is 5.32 Å². The van der Waals surface area contributed by atoms with Crippen LogP contribution in [0.15, 0.2) is 54.0 Å². The number of nitrogens with zero attached hydrogens (tertiary/aromatic N) is 2. The molecule has 0 unspecified atom stereocenters. The van der Waals surface area contributed by atoms with Gasteiger partial charge in [0.2, 0.25) is 5.91 Å². The highest BCUT2D eigenvalue weighted by Crippen LogP contribution is 2.14. The molecule has 0 bridgehead atoms. The van der Waals surface area contributed by atoms with E-state index in [0.717, 1.165) is 12.2 Å². The van der Waals surface area contributed by atoms with Gasteiger partial charge in [0.25, 0.3) is 0 Å². The standard InChI is InChI=1S/C18H19N3OS/c1-14-4-2-5-15(12-14)13-21-17(9-10-19-21)20-18(22)8-7-16-6-3-11-23-16/h2-6,9-12H,7-8,13H2,1H3,(H,20,22). The first-order valence-corrected chi connectivity index (χ1v) is 8.48. The van der Waals surface area contributed by atoms with Gasteiger partial charge in [0.1, 0.15) is 5.82 Å². The van der Waals surface area contributed by atoms with Crippen molar-refractivity contribution in [3.05, 3.63) is 70.0 Å². The Morgan fingerprint density at radius 3 is 2.96 bits per heavy atom. The van der Waals surface area contributed by atoms with Crippen LogP contribution in [-0.2, 0) is 17.8 Å². The van der Waals surface area contributed by atoms with Gasteiger partial charge in [-0.25, -0.2) is 4.68 Å². The number of thiophene rings is 1. The van der Waals surface area contributed by atoms with E-state index in [-0.39, 0.29) is 5.91 Å². The first-order chi connectivity index (χ1) is 11.2. The zero-order valence-electron chi connectivity index (χ0n) is 13.0. The Morgan fingerprint density at radius 2 is 2.17 bits per heavy atom. The smallest absolute Gasteiger partial charge is 0.225 e. The third kappa shape index (κ3) is 4.29. The predicted molar refractivity (Wildman–Crippen MR) is 93.8 cm³/mol. The van der Waals surface area contributed by atoms with Crippen molar-refractivity contribution in [1.29, 1.82) is 0 Å². The number of aromatic nitrogens is 2. The molecular weight excluding hydrogens is 306 g/mol. The van der Waals surface area contributed by atoms with Crippen LogP contribution in [0.25, 0.3) is 0 Å². The lowest BCUT2D eigenvalue weighted by Gasteiger charge is -2.09. The Balaban J connectivity index is 1.60. The normalized spacial score (nSPS) is 10.7. The molecule has 4 nitrogen and oxygen atoms in total. The van der Waals surface area contributed by atoms with E-state index in [4.69, 9.17) is 0 Å². The van der Waals surface area contributed by atoms with Gasteiger partial charge in [-0.15, -0.1) is 11.3 Å². The number of nitrogens with one attached hydrogen (secondary N) is 1. The minimum Gasteiger partial charge on any atom is -0.311 e. The third-order valence-electron chi connectivity index (χ3n) is 3.58. The number of amides is 1. The number of aryl methyl sites for hydroxylation is 2. The Bertz CT molecular complexity index is 777. The molecular formula is C18H19N3OS. The minimum atomic E-state index is 0.0180. The molecule has 23 heavy (non-hydrogen) atoms. The summed E-state index contributed by atoms with van der Waals surface area (Å²) in [7, 11) is 0. The second kappa shape index (κ2) is 7.24. The summed E-state index contributed by atoms with van der Waals surface area (Å²) in [5.74, 6) is 0.757. The maximum atomic E-state index is 12.1. The Hall–Kier alpha value is -2.40. The van der Waals surface area contributed by atoms with Crippen LogP contribution in [-0.4, -0.2) is 15.7 Å². The van der Waals surface area contributed by atoms with Crippen LogP contribution >= 0.6 is 11.3 Å². The van der Waals surface area contributed by atoms with Gasteiger partial charge < -0.3 is 5.32 Å². The highest BCUT2D eigenvalue weighted by molar-refractivity contribution is 7.09. The zero-order chi connectivity index (χ0) is 16.1. The highest BCUT2D eigenvalue weighted by Gasteiger charge is 2.08. The molecule has 0 fully saturated rings. The van der Waals surface area contributed by atoms with E-state index in [0.29, 0.717) is 13.0 Å². The molecule has 0 radical (unpaired) electrons. The summed E-state index contributed by atoms with van der Waals surface area (Å²) in [5, 5.41) is 9.29. The van der Waals surface area contributed by atoms with Crippen LogP contribution in [0.4, 0.5) is 5.82 Å². The van der Waals surface area contributed by atoms with Crippen molar-refractivity contribution in [3.8, 4) is 0 Å². The molecule has 5 heteroatoms. The van der Waals surface area contributed by atoms with Crippen LogP contribution in [0.5, 0.6) is 0 Å². The van der Waals surface area contributed by atoms with Crippen molar-refractivity contribution in [2.24, 2.45) is 0 Å². The lowest BCUT2D eigenvalue weighted by atomic mass is 10.1. The average Bonchev–Trinajstić information content (AvgIpc) is 3.18. The van der Waals surface area contributed by atoms with Gasteiger partial charge in [0, 0.05) is 17.4 Å². The minimum absolute atomic E-state index is 0.0180. The Labute approximate surface area is 139 Å². The first kappa shape index (κ1) is 15.5. The molecule has 0 aliphatic rings. The van der Waals surface area contributed by atoms with Crippen molar-refractivity contribution in [3.63, 3.8) is 0 Å². The molecule has 2 aromatic heterocycles. The van der Waals surface area contributed by atoms with Gasteiger partial charge in [-0.2, -0.15) is 5.10 Å². The second-order valence-electron chi connectivity index (χ2n) is 5.49. The van der Waals surface area contributed by atoms with E-state index < -0.39 is 0 Å². The third-order valence-corrected chi connectivity index (χ3v) is 4.51. The molecule has 1 N–H and O–H groups in total. The van der Waals surface area contributed by atoms with Crippen LogP contribution in [0, 0.1) is 6.92 Å². The molecule has 0 atom stereocenters. The summed E-state index contributed by atoms with van der Waals surface area (Å²) >= 11 is 1.68. The summed E-state index contributed by atoms with van der Waals surface area (Å²) in [6, 6.07) is 14.2. The molecule has 0 saturated heterocycles. The molecule has 1 amide bonds. The van der Waals surface area contributed by atoms with E-state index in [1.165, 1.54) is 16.0 Å². The summed E-state index contributed by atoms with van der Waals surface area (Å²) in [5.41, 5.74) is 2.39. The maximum absolute atomic E-state index is 12.1. The average molecular weight is 325 g/mol. The molecule has 0 aliphatic carbocycles. The fourth-order valence-corrected chi connectivity index (χ4v) is 3.15. The number of benzene rings is 1. The number of rotatable bonds is 6. The van der Waals surface area contributed by atoms with Gasteiger partial charge in [-0.1, -0.05) is 35.9 Å². The van der Waals surface area contributed by atoms with E-state index in [1.54, 1.807) is 17.5 Å². The molecule has 1 aromatic carbocycles. The molecule has 118 valence electrons. The molecule has 2 heterocycles. The highest BCUT2D eigenvalue weighted by atomic mass is 32.1. The Morgan fingerprint density at radius 1 is 1.26 bits per heavy atom. The molecule has 0 saturated carbocycles. The largest absolute Gasteiger partial charge is 0.311 e. The number of hydrogen-bond donors (Lipinski definition) is 1. The fourth-order valence-electron chi connectivity index (χ4n) is 2.45. The van der Waals surface area contributed by atoms with E-state index in [1.807, 2.05) is 28.3 Å². The zero-order valence-corrected chi connectivity index (χ0v) is 13.8. The van der Waals surface area contributed by atoms with Gasteiger partial charge >= 0.3 is 0 Å². The fraction of sp³-hybridized carbons (Fsp3) is 0.222. The monoisotopic (exact) mass is 325 g/mol. The van der Waals surface area contributed by atoms with E-state index in [2.05, 4.69) is 41.6 Å². The summed E-state index contributed by atoms with van der Waals surface area (Å²) in [6.07, 6.45) is 2.97. The van der Waals surface area contributed by atoms with Gasteiger partial charge in [-0.3, -0.25) is 4.79 Å². The molecule has 3 aromatic rings. The summed E-state index contributed by atoms with van der Waals surface area (Å²) < 4.78 is 1.82. The van der Waals surface area contributed by atoms with E-state index >= 15 is 0 Å². The van der Waals surface area contributed by atoms with Crippen LogP contribution in [0.3, 0.4) is 0 Å². The Kier molecular flexibility index (Phi) is 4.88. The topological polar surface area (TPSA) is 46.9 Å². The van der Waals surface area contributed by atoms with Crippen molar-refractivity contribution in [1.82, 2.24) is 9.78 Å². The van der Waals surface area contributed by atoms with Crippen molar-refractivity contribution in [2.45, 2.75) is 26.3 Å². The molecule has 3 rings (SSSR count). The van der Waals surface area contributed by atoms with Crippen LogP contribution in [0.1, 0.15) is 22.4 Å². The predicted octanol–water partition coefficient (Wildman–Crippen LogP) is 3.87. The van der Waals surface area contributed by atoms with Crippen molar-refractivity contribution < 1.29 is 4.79 Å². The summed E-state index contributed by atoms with van der Waals surface area (Å²) in [4.78, 5) is 13.3. The lowest BCUT2D eigenvalue weighted by molar-refractivity contribution is -0.116. The number of hydrogen-bond acceptors (Lipinski definition) is 3. The van der Waals surface area contributed by atoms with Crippen LogP contribution in [0.2, 0.25) is 0 Å². The van der Waals surface area contributed by atoms with Crippen LogP contribution < -0.4 is 5.32 Å². The SMILES string of the molecule is Cc1cccc(Cn2nccc2NC(=O)CCc2cccs2)c1. The maximum Gasteiger partial charge on any atom is 0.225 e. The molecule has 0 aliphatic heterocycles. The first-order valence-electron chi connectivity index (χ1n) is 7.60. The quantitative estimate of drug-likeness (QED) is 0.748. The second-order valence-corrected chi connectivity index (χ2v) is 6.52. The van der Waals surface area contributed by atoms with Crippen molar-refractivity contribution >= 4 is 23.1 Å². The van der Waals surface area contributed by atoms with E-state index in [9.17, 15) is 4.79 Å². The van der Waals surface area contributed by atoms with Gasteiger partial charge in [-0.05, 0) is 30.4 Å². The number of carbonyl (C=O) groups is 1. The lowest BCUT2D eigenvalue weighted by Crippen LogP contribution is -2.16. The number of anilines is 1. The number of carbonyl (C=O) groups excluding carboxylic acids is 1. The summed E-state index contributed by atoms with van der Waals surface area (Å²) in [6.45, 7) is 2.72. The van der Waals surface area contributed by atoms with Gasteiger partial charge in [0.15, 0.2) is 0 Å².